The molecule has 1 spiro atoms. The van der Waals surface area contributed by atoms with Gasteiger partial charge in [-0.25, -0.2) is 9.78 Å². The fourth-order valence-corrected chi connectivity index (χ4v) is 3.33. The molecule has 0 atom stereocenters. The number of nitrogens with one attached hydrogen (secondary N) is 1. The molecule has 0 bridgehead atoms. The van der Waals surface area contributed by atoms with Crippen molar-refractivity contribution in [1.29, 1.82) is 0 Å². The van der Waals surface area contributed by atoms with Gasteiger partial charge in [0.1, 0.15) is 0 Å². The van der Waals surface area contributed by atoms with E-state index in [-0.39, 0.29) is 6.03 Å². The molecule has 108 valence electrons. The highest BCUT2D eigenvalue weighted by Gasteiger charge is 2.46. The summed E-state index contributed by atoms with van der Waals surface area (Å²) < 4.78 is 5.23. The molecule has 1 aliphatic carbocycles. The van der Waals surface area contributed by atoms with Crippen LogP contribution in [-0.4, -0.2) is 36.1 Å². The monoisotopic (exact) mass is 275 g/mol. The number of hydrogen-bond acceptors (Lipinski definition) is 3. The number of hydrogen-bond donors (Lipinski definition) is 1. The number of ether oxygens (including phenoxy) is 1. The molecule has 1 saturated heterocycles. The Balaban J connectivity index is 1.64. The molecule has 1 saturated carbocycles. The zero-order valence-electron chi connectivity index (χ0n) is 12.1. The molecule has 2 fully saturated rings. The molecule has 0 unspecified atom stereocenters. The molecule has 1 N–H and O–H groups in total. The van der Waals surface area contributed by atoms with E-state index in [1.807, 2.05) is 24.0 Å². The fourth-order valence-electron chi connectivity index (χ4n) is 3.33. The van der Waals surface area contributed by atoms with Crippen LogP contribution in [0.15, 0.2) is 12.1 Å². The number of nitrogens with zero attached hydrogens (tertiary/aromatic N) is 2. The number of urea groups is 1. The van der Waals surface area contributed by atoms with Crippen molar-refractivity contribution in [2.45, 2.75) is 32.6 Å². The Morgan fingerprint density at radius 2 is 2.05 bits per heavy atom. The van der Waals surface area contributed by atoms with Crippen LogP contribution >= 0.6 is 0 Å². The Bertz CT molecular complexity index is 516. The zero-order chi connectivity index (χ0) is 14.2. The Hall–Kier alpha value is -1.78. The summed E-state index contributed by atoms with van der Waals surface area (Å²) in [6, 6.07) is 3.62. The van der Waals surface area contributed by atoms with Crippen LogP contribution in [0.1, 0.15) is 31.4 Å². The number of carbonyl (C=O) groups is 1. The number of rotatable bonds is 2. The van der Waals surface area contributed by atoms with E-state index in [1.54, 1.807) is 7.11 Å². The number of aryl methyl sites for hydroxylation is 1. The number of pyridine rings is 1. The molecular weight excluding hydrogens is 254 g/mol. The molecule has 20 heavy (non-hydrogen) atoms. The predicted octanol–water partition coefficient (Wildman–Crippen LogP) is 2.81. The molecule has 2 aliphatic rings. The van der Waals surface area contributed by atoms with Crippen LogP contribution in [-0.2, 0) is 0 Å². The molecule has 1 aliphatic heterocycles. The van der Waals surface area contributed by atoms with Crippen LogP contribution in [0.2, 0.25) is 0 Å². The van der Waals surface area contributed by atoms with Crippen molar-refractivity contribution in [3.8, 4) is 5.75 Å². The van der Waals surface area contributed by atoms with E-state index in [4.69, 9.17) is 4.74 Å². The molecular formula is C15H21N3O2. The first-order valence-corrected chi connectivity index (χ1v) is 7.19. The van der Waals surface area contributed by atoms with Crippen molar-refractivity contribution in [3.05, 3.63) is 17.8 Å². The minimum Gasteiger partial charge on any atom is -0.493 e. The average molecular weight is 275 g/mol. The molecule has 1 aromatic rings. The Morgan fingerprint density at radius 1 is 1.35 bits per heavy atom. The quantitative estimate of drug-likeness (QED) is 0.903. The first-order chi connectivity index (χ1) is 9.62. The van der Waals surface area contributed by atoms with Gasteiger partial charge in [0.15, 0.2) is 11.6 Å². The van der Waals surface area contributed by atoms with E-state index in [0.717, 1.165) is 18.8 Å². The van der Waals surface area contributed by atoms with Gasteiger partial charge in [0.05, 0.1) is 7.11 Å². The van der Waals surface area contributed by atoms with Crippen LogP contribution in [0.25, 0.3) is 0 Å². The van der Waals surface area contributed by atoms with Crippen molar-refractivity contribution >= 4 is 11.8 Å². The lowest BCUT2D eigenvalue weighted by Crippen LogP contribution is -2.58. The minimum atomic E-state index is -0.0704. The second kappa shape index (κ2) is 4.96. The van der Waals surface area contributed by atoms with Gasteiger partial charge in [-0.15, -0.1) is 0 Å². The molecule has 0 aromatic carbocycles. The van der Waals surface area contributed by atoms with Crippen LogP contribution in [0.5, 0.6) is 5.75 Å². The highest BCUT2D eigenvalue weighted by atomic mass is 16.5. The summed E-state index contributed by atoms with van der Waals surface area (Å²) in [5, 5.41) is 2.86. The average Bonchev–Trinajstić information content (AvgIpc) is 2.86. The van der Waals surface area contributed by atoms with Gasteiger partial charge in [0, 0.05) is 24.2 Å². The van der Waals surface area contributed by atoms with Crippen molar-refractivity contribution in [2.24, 2.45) is 5.41 Å². The third-order valence-electron chi connectivity index (χ3n) is 4.45. The summed E-state index contributed by atoms with van der Waals surface area (Å²) in [5.41, 5.74) is 1.28. The third kappa shape index (κ3) is 2.32. The summed E-state index contributed by atoms with van der Waals surface area (Å²) in [5.74, 6) is 1.10. The maximum Gasteiger partial charge on any atom is 0.323 e. The summed E-state index contributed by atoms with van der Waals surface area (Å²) in [6.45, 7) is 3.66. The SMILES string of the molecule is COc1ccc(C)nc1NC(=O)N1CC2(CCCC2)C1. The van der Waals surface area contributed by atoms with E-state index >= 15 is 0 Å². The van der Waals surface area contributed by atoms with Gasteiger partial charge in [0.25, 0.3) is 0 Å². The van der Waals surface area contributed by atoms with Crippen molar-refractivity contribution in [1.82, 2.24) is 9.88 Å². The second-order valence-electron chi connectivity index (χ2n) is 6.00. The molecule has 5 heteroatoms. The van der Waals surface area contributed by atoms with Crippen LogP contribution in [0.4, 0.5) is 10.6 Å². The number of carbonyl (C=O) groups excluding carboxylic acids is 1. The van der Waals surface area contributed by atoms with Gasteiger partial charge in [-0.1, -0.05) is 12.8 Å². The lowest BCUT2D eigenvalue weighted by atomic mass is 9.78. The van der Waals surface area contributed by atoms with Gasteiger partial charge in [0.2, 0.25) is 0 Å². The van der Waals surface area contributed by atoms with Crippen LogP contribution in [0.3, 0.4) is 0 Å². The van der Waals surface area contributed by atoms with Crippen LogP contribution < -0.4 is 10.1 Å². The third-order valence-corrected chi connectivity index (χ3v) is 4.45. The fraction of sp³-hybridized carbons (Fsp3) is 0.600. The van der Waals surface area contributed by atoms with Crippen LogP contribution in [0, 0.1) is 12.3 Å². The molecule has 1 aromatic heterocycles. The molecule has 2 amide bonds. The molecule has 0 radical (unpaired) electrons. The first kappa shape index (κ1) is 13.2. The first-order valence-electron chi connectivity index (χ1n) is 7.19. The van der Waals surface area contributed by atoms with E-state index < -0.39 is 0 Å². The Morgan fingerprint density at radius 3 is 2.70 bits per heavy atom. The van der Waals surface area contributed by atoms with Crippen molar-refractivity contribution in [2.75, 3.05) is 25.5 Å². The number of likely N-dealkylation sites (tertiary alicyclic amines) is 1. The van der Waals surface area contributed by atoms with E-state index in [1.165, 1.54) is 25.7 Å². The largest absolute Gasteiger partial charge is 0.493 e. The Labute approximate surface area is 119 Å². The molecule has 3 rings (SSSR count). The highest BCUT2D eigenvalue weighted by Crippen LogP contribution is 2.45. The molecule has 5 nitrogen and oxygen atoms in total. The zero-order valence-corrected chi connectivity index (χ0v) is 12.1. The summed E-state index contributed by atoms with van der Waals surface area (Å²) in [7, 11) is 1.58. The number of anilines is 1. The smallest absolute Gasteiger partial charge is 0.323 e. The van der Waals surface area contributed by atoms with Gasteiger partial charge in [-0.3, -0.25) is 5.32 Å². The maximum atomic E-state index is 12.2. The van der Waals surface area contributed by atoms with Gasteiger partial charge in [-0.2, -0.15) is 0 Å². The summed E-state index contributed by atoms with van der Waals surface area (Å²) >= 11 is 0. The second-order valence-corrected chi connectivity index (χ2v) is 6.00. The lowest BCUT2D eigenvalue weighted by molar-refractivity contribution is 0.0429. The highest BCUT2D eigenvalue weighted by molar-refractivity contribution is 5.90. The normalized spacial score (nSPS) is 19.8. The van der Waals surface area contributed by atoms with E-state index in [0.29, 0.717) is 17.0 Å². The predicted molar refractivity (Wildman–Crippen MR) is 77.0 cm³/mol. The lowest BCUT2D eigenvalue weighted by Gasteiger charge is -2.48. The standard InChI is InChI=1S/C15H21N3O2/c1-11-5-6-12(20-2)13(16-11)17-14(19)18-9-15(10-18)7-3-4-8-15/h5-6H,3-4,7-10H2,1-2H3,(H,16,17,19). The Kier molecular flexibility index (Phi) is 3.28. The minimum absolute atomic E-state index is 0.0704. The van der Waals surface area contributed by atoms with Gasteiger partial charge < -0.3 is 9.64 Å². The topological polar surface area (TPSA) is 54.5 Å². The van der Waals surface area contributed by atoms with Crippen molar-refractivity contribution in [3.63, 3.8) is 0 Å². The number of aromatic nitrogens is 1. The number of methoxy groups -OCH3 is 1. The summed E-state index contributed by atoms with van der Waals surface area (Å²) in [4.78, 5) is 18.4. The molecule has 2 heterocycles. The van der Waals surface area contributed by atoms with Gasteiger partial charge in [-0.05, 0) is 31.9 Å². The van der Waals surface area contributed by atoms with E-state index in [2.05, 4.69) is 10.3 Å². The van der Waals surface area contributed by atoms with E-state index in [9.17, 15) is 4.79 Å². The van der Waals surface area contributed by atoms with Crippen molar-refractivity contribution < 1.29 is 9.53 Å². The number of amides is 2. The summed E-state index contributed by atoms with van der Waals surface area (Å²) in [6.07, 6.45) is 5.15. The van der Waals surface area contributed by atoms with Gasteiger partial charge >= 0.3 is 6.03 Å². The maximum absolute atomic E-state index is 12.2.